The molecule has 1 aliphatic rings. The van der Waals surface area contributed by atoms with E-state index in [9.17, 15) is 4.39 Å². The monoisotopic (exact) mass is 209 g/mol. The highest BCUT2D eigenvalue weighted by Crippen LogP contribution is 2.47. The van der Waals surface area contributed by atoms with E-state index >= 15 is 0 Å². The van der Waals surface area contributed by atoms with Crippen LogP contribution in [0.2, 0.25) is 0 Å². The van der Waals surface area contributed by atoms with E-state index in [4.69, 9.17) is 4.74 Å². The van der Waals surface area contributed by atoms with Crippen LogP contribution in [-0.4, -0.2) is 20.7 Å². The third-order valence-electron chi connectivity index (χ3n) is 2.99. The van der Waals surface area contributed by atoms with Crippen molar-refractivity contribution in [3.05, 3.63) is 29.6 Å². The molecule has 0 bridgehead atoms. The first kappa shape index (κ1) is 10.4. The normalized spacial score (nSPS) is 23.9. The van der Waals surface area contributed by atoms with Crippen molar-refractivity contribution < 1.29 is 9.13 Å². The summed E-state index contributed by atoms with van der Waals surface area (Å²) in [6, 6.07) is 5.26. The summed E-state index contributed by atoms with van der Waals surface area (Å²) in [5.41, 5.74) is 1.09. The fourth-order valence-corrected chi connectivity index (χ4v) is 2.06. The van der Waals surface area contributed by atoms with Crippen LogP contribution in [0.15, 0.2) is 18.2 Å². The molecular weight excluding hydrogens is 193 g/mol. The molecule has 1 aromatic rings. The van der Waals surface area contributed by atoms with Gasteiger partial charge in [0.25, 0.3) is 0 Å². The number of ether oxygens (including phenoxy) is 1. The van der Waals surface area contributed by atoms with Crippen LogP contribution in [0.3, 0.4) is 0 Å². The zero-order valence-corrected chi connectivity index (χ0v) is 9.09. The largest absolute Gasteiger partial charge is 0.494 e. The molecule has 15 heavy (non-hydrogen) atoms. The lowest BCUT2D eigenvalue weighted by molar-refractivity contribution is 0.386. The van der Waals surface area contributed by atoms with E-state index < -0.39 is 0 Å². The number of benzene rings is 1. The van der Waals surface area contributed by atoms with Gasteiger partial charge in [-0.25, -0.2) is 4.39 Å². The van der Waals surface area contributed by atoms with E-state index in [2.05, 4.69) is 5.32 Å². The van der Waals surface area contributed by atoms with Crippen molar-refractivity contribution >= 4 is 0 Å². The average Bonchev–Trinajstić information content (AvgIpc) is 2.98. The molecule has 1 fully saturated rings. The van der Waals surface area contributed by atoms with Crippen LogP contribution in [-0.2, 0) is 0 Å². The van der Waals surface area contributed by atoms with Crippen molar-refractivity contribution in [2.45, 2.75) is 12.3 Å². The number of hydrogen-bond donors (Lipinski definition) is 1. The van der Waals surface area contributed by atoms with E-state index in [0.717, 1.165) is 18.5 Å². The van der Waals surface area contributed by atoms with Gasteiger partial charge in [-0.2, -0.15) is 0 Å². The molecule has 0 amide bonds. The van der Waals surface area contributed by atoms with Gasteiger partial charge in [-0.1, -0.05) is 6.07 Å². The highest BCUT2D eigenvalue weighted by molar-refractivity contribution is 5.34. The Balaban J connectivity index is 2.08. The van der Waals surface area contributed by atoms with E-state index in [1.807, 2.05) is 13.1 Å². The third-order valence-corrected chi connectivity index (χ3v) is 2.99. The highest BCUT2D eigenvalue weighted by atomic mass is 19.1. The molecule has 1 saturated carbocycles. The smallest absolute Gasteiger partial charge is 0.165 e. The summed E-state index contributed by atoms with van der Waals surface area (Å²) in [4.78, 5) is 0. The molecule has 1 aliphatic carbocycles. The van der Waals surface area contributed by atoms with Crippen molar-refractivity contribution in [2.75, 3.05) is 20.7 Å². The minimum Gasteiger partial charge on any atom is -0.494 e. The summed E-state index contributed by atoms with van der Waals surface area (Å²) in [6.07, 6.45) is 1.16. The molecular formula is C12H16FNO. The van der Waals surface area contributed by atoms with Crippen LogP contribution in [0.25, 0.3) is 0 Å². The maximum atomic E-state index is 13.4. The molecule has 3 heteroatoms. The summed E-state index contributed by atoms with van der Waals surface area (Å²) in [6.45, 7) is 1.01. The molecule has 2 rings (SSSR count). The summed E-state index contributed by atoms with van der Waals surface area (Å²) in [5, 5.41) is 3.15. The SMILES string of the molecule is CNCC1CC1c1ccc(OC)c(F)c1. The molecule has 0 spiro atoms. The maximum absolute atomic E-state index is 13.4. The van der Waals surface area contributed by atoms with Crippen LogP contribution < -0.4 is 10.1 Å². The molecule has 1 N–H and O–H groups in total. The van der Waals surface area contributed by atoms with Gasteiger partial charge in [0.1, 0.15) is 0 Å². The minimum absolute atomic E-state index is 0.259. The van der Waals surface area contributed by atoms with Gasteiger partial charge >= 0.3 is 0 Å². The first-order valence-electron chi connectivity index (χ1n) is 5.24. The molecule has 0 heterocycles. The predicted octanol–water partition coefficient (Wildman–Crippen LogP) is 2.16. The summed E-state index contributed by atoms with van der Waals surface area (Å²) < 4.78 is 18.3. The van der Waals surface area contributed by atoms with Crippen molar-refractivity contribution in [2.24, 2.45) is 5.92 Å². The maximum Gasteiger partial charge on any atom is 0.165 e. The molecule has 0 radical (unpaired) electrons. The van der Waals surface area contributed by atoms with Gasteiger partial charge in [0.05, 0.1) is 7.11 Å². The van der Waals surface area contributed by atoms with E-state index in [1.54, 1.807) is 12.1 Å². The summed E-state index contributed by atoms with van der Waals surface area (Å²) in [7, 11) is 3.43. The molecule has 1 aromatic carbocycles. The molecule has 2 atom stereocenters. The van der Waals surface area contributed by atoms with Crippen molar-refractivity contribution in [3.63, 3.8) is 0 Å². The number of hydrogen-bond acceptors (Lipinski definition) is 2. The lowest BCUT2D eigenvalue weighted by atomic mass is 10.1. The predicted molar refractivity (Wildman–Crippen MR) is 57.7 cm³/mol. The molecule has 0 aliphatic heterocycles. The highest BCUT2D eigenvalue weighted by Gasteiger charge is 2.37. The topological polar surface area (TPSA) is 21.3 Å². The lowest BCUT2D eigenvalue weighted by Crippen LogP contribution is -2.10. The van der Waals surface area contributed by atoms with Crippen LogP contribution in [0.5, 0.6) is 5.75 Å². The Morgan fingerprint density at radius 2 is 2.33 bits per heavy atom. The standard InChI is InChI=1S/C12H16FNO/c1-14-7-9-5-10(9)8-3-4-12(15-2)11(13)6-8/h3-4,6,9-10,14H,5,7H2,1-2H3. The Morgan fingerprint density at radius 1 is 1.53 bits per heavy atom. The molecule has 2 nitrogen and oxygen atoms in total. The van der Waals surface area contributed by atoms with Gasteiger partial charge < -0.3 is 10.1 Å². The van der Waals surface area contributed by atoms with Gasteiger partial charge in [-0.15, -0.1) is 0 Å². The summed E-state index contributed by atoms with van der Waals surface area (Å²) >= 11 is 0. The Morgan fingerprint density at radius 3 is 2.93 bits per heavy atom. The minimum atomic E-state index is -0.259. The van der Waals surface area contributed by atoms with Crippen molar-refractivity contribution in [1.82, 2.24) is 5.32 Å². The third kappa shape index (κ3) is 2.12. The van der Waals surface area contributed by atoms with Crippen LogP contribution in [0.4, 0.5) is 4.39 Å². The first-order valence-corrected chi connectivity index (χ1v) is 5.24. The van der Waals surface area contributed by atoms with E-state index in [-0.39, 0.29) is 5.82 Å². The quantitative estimate of drug-likeness (QED) is 0.820. The number of halogens is 1. The van der Waals surface area contributed by atoms with Crippen LogP contribution in [0, 0.1) is 11.7 Å². The average molecular weight is 209 g/mol. The Bertz CT molecular complexity index is 353. The van der Waals surface area contributed by atoms with Gasteiger partial charge in [-0.3, -0.25) is 0 Å². The van der Waals surface area contributed by atoms with Crippen LogP contribution >= 0.6 is 0 Å². The molecule has 0 aromatic heterocycles. The van der Waals surface area contributed by atoms with Gasteiger partial charge in [0, 0.05) is 0 Å². The number of rotatable bonds is 4. The zero-order chi connectivity index (χ0) is 10.8. The van der Waals surface area contributed by atoms with E-state index in [0.29, 0.717) is 17.6 Å². The van der Waals surface area contributed by atoms with Crippen LogP contribution in [0.1, 0.15) is 17.9 Å². The van der Waals surface area contributed by atoms with Gasteiger partial charge in [-0.05, 0) is 49.5 Å². The van der Waals surface area contributed by atoms with Crippen molar-refractivity contribution in [1.29, 1.82) is 0 Å². The van der Waals surface area contributed by atoms with Gasteiger partial charge in [0.2, 0.25) is 0 Å². The molecule has 0 saturated heterocycles. The fraction of sp³-hybridized carbons (Fsp3) is 0.500. The second-order valence-corrected chi connectivity index (χ2v) is 4.05. The lowest BCUT2D eigenvalue weighted by Gasteiger charge is -2.04. The summed E-state index contributed by atoms with van der Waals surface area (Å²) in [5.74, 6) is 1.26. The zero-order valence-electron chi connectivity index (χ0n) is 9.09. The van der Waals surface area contributed by atoms with Gasteiger partial charge in [0.15, 0.2) is 11.6 Å². The fourth-order valence-electron chi connectivity index (χ4n) is 2.06. The molecule has 2 unspecified atom stereocenters. The van der Waals surface area contributed by atoms with Crippen molar-refractivity contribution in [3.8, 4) is 5.75 Å². The Hall–Kier alpha value is -1.09. The number of methoxy groups -OCH3 is 1. The second kappa shape index (κ2) is 4.19. The second-order valence-electron chi connectivity index (χ2n) is 4.05. The van der Waals surface area contributed by atoms with E-state index in [1.165, 1.54) is 7.11 Å². The Kier molecular flexibility index (Phi) is 2.91. The number of nitrogens with one attached hydrogen (secondary N) is 1. The Labute approximate surface area is 89.4 Å². The molecule has 82 valence electrons. The first-order chi connectivity index (χ1) is 7.26.